The van der Waals surface area contributed by atoms with Crippen LogP contribution in [0.3, 0.4) is 0 Å². The molecule has 2 rings (SSSR count). The first-order chi connectivity index (χ1) is 11.7. The summed E-state index contributed by atoms with van der Waals surface area (Å²) in [5.41, 5.74) is 1.63. The summed E-state index contributed by atoms with van der Waals surface area (Å²) in [6, 6.07) is 7.28. The summed E-state index contributed by atoms with van der Waals surface area (Å²) in [5, 5.41) is 3.11. The van der Waals surface area contributed by atoms with E-state index in [0.717, 1.165) is 5.56 Å². The Balaban J connectivity index is 2.29. The molecule has 2 amide bonds. The number of hydrogen-bond donors (Lipinski definition) is 1. The van der Waals surface area contributed by atoms with Crippen LogP contribution in [0.25, 0.3) is 0 Å². The second-order valence-corrected chi connectivity index (χ2v) is 8.70. The van der Waals surface area contributed by atoms with Crippen molar-refractivity contribution in [2.24, 2.45) is 11.8 Å². The highest BCUT2D eigenvalue weighted by Gasteiger charge is 2.43. The summed E-state index contributed by atoms with van der Waals surface area (Å²) in [5.74, 6) is 1.22. The summed E-state index contributed by atoms with van der Waals surface area (Å²) in [7, 11) is 0. The van der Waals surface area contributed by atoms with Gasteiger partial charge in [0.2, 0.25) is 5.91 Å². The Labute approximate surface area is 155 Å². The van der Waals surface area contributed by atoms with Gasteiger partial charge in [0.15, 0.2) is 0 Å². The number of hydrogen-bond acceptors (Lipinski definition) is 3. The van der Waals surface area contributed by atoms with Gasteiger partial charge in [-0.15, -0.1) is 11.8 Å². The fraction of sp³-hybridized carbons (Fsp3) is 0.600. The highest BCUT2D eigenvalue weighted by molar-refractivity contribution is 8.00. The molecular weight excluding hydrogens is 332 g/mol. The van der Waals surface area contributed by atoms with Crippen LogP contribution >= 0.6 is 11.8 Å². The van der Waals surface area contributed by atoms with Crippen LogP contribution in [0, 0.1) is 18.8 Å². The predicted octanol–water partition coefficient (Wildman–Crippen LogP) is 3.70. The number of benzene rings is 1. The lowest BCUT2D eigenvalue weighted by Crippen LogP contribution is -2.53. The van der Waals surface area contributed by atoms with E-state index in [2.05, 4.69) is 33.0 Å². The molecule has 4 nitrogen and oxygen atoms in total. The Morgan fingerprint density at radius 3 is 2.36 bits per heavy atom. The number of aryl methyl sites for hydroxylation is 1. The molecule has 0 aliphatic carbocycles. The van der Waals surface area contributed by atoms with E-state index in [9.17, 15) is 9.59 Å². The third-order valence-corrected chi connectivity index (χ3v) is 6.51. The zero-order valence-electron chi connectivity index (χ0n) is 16.1. The van der Waals surface area contributed by atoms with Crippen molar-refractivity contribution in [3.05, 3.63) is 35.4 Å². The molecule has 1 aromatic carbocycles. The first kappa shape index (κ1) is 19.8. The Bertz CT molecular complexity index is 630. The first-order valence-electron chi connectivity index (χ1n) is 9.04. The van der Waals surface area contributed by atoms with E-state index < -0.39 is 6.04 Å². The highest BCUT2D eigenvalue weighted by Crippen LogP contribution is 2.35. The standard InChI is InChI=1S/C20H30N2O2S/c1-12(2)15(6)21-18(23)17-11-25-20(13(3)4)22(17)19(24)16-10-8-7-9-14(16)5/h7-10,12-13,15,17,20H,11H2,1-6H3,(H,21,23). The highest BCUT2D eigenvalue weighted by atomic mass is 32.2. The van der Waals surface area contributed by atoms with Gasteiger partial charge in [0.1, 0.15) is 6.04 Å². The topological polar surface area (TPSA) is 49.4 Å². The molecule has 1 fully saturated rings. The molecule has 1 aromatic rings. The normalized spacial score (nSPS) is 21.7. The van der Waals surface area contributed by atoms with E-state index in [4.69, 9.17) is 0 Å². The molecule has 3 atom stereocenters. The molecule has 0 aromatic heterocycles. The van der Waals surface area contributed by atoms with E-state index in [0.29, 0.717) is 23.2 Å². The average molecular weight is 363 g/mol. The number of thioether (sulfide) groups is 1. The van der Waals surface area contributed by atoms with Crippen molar-refractivity contribution in [2.45, 2.75) is 59.0 Å². The number of amides is 2. The second-order valence-electron chi connectivity index (χ2n) is 7.55. The zero-order chi connectivity index (χ0) is 18.7. The predicted molar refractivity (Wildman–Crippen MR) is 105 cm³/mol. The minimum Gasteiger partial charge on any atom is -0.352 e. The molecule has 0 saturated carbocycles. The molecule has 1 N–H and O–H groups in total. The van der Waals surface area contributed by atoms with E-state index in [1.54, 1.807) is 16.7 Å². The van der Waals surface area contributed by atoms with Gasteiger partial charge in [0.05, 0.1) is 5.37 Å². The molecule has 138 valence electrons. The van der Waals surface area contributed by atoms with Gasteiger partial charge in [-0.25, -0.2) is 0 Å². The number of rotatable bonds is 5. The van der Waals surface area contributed by atoms with Crippen LogP contribution in [0.5, 0.6) is 0 Å². The SMILES string of the molecule is Cc1ccccc1C(=O)N1C(C(=O)NC(C)C(C)C)CSC1C(C)C. The van der Waals surface area contributed by atoms with E-state index in [1.807, 2.05) is 38.1 Å². The van der Waals surface area contributed by atoms with Crippen molar-refractivity contribution >= 4 is 23.6 Å². The molecule has 5 heteroatoms. The zero-order valence-corrected chi connectivity index (χ0v) is 16.9. The maximum absolute atomic E-state index is 13.2. The average Bonchev–Trinajstić information content (AvgIpc) is 2.99. The lowest BCUT2D eigenvalue weighted by Gasteiger charge is -2.32. The van der Waals surface area contributed by atoms with Gasteiger partial charge >= 0.3 is 0 Å². The van der Waals surface area contributed by atoms with Crippen molar-refractivity contribution in [3.8, 4) is 0 Å². The summed E-state index contributed by atoms with van der Waals surface area (Å²) >= 11 is 1.70. The molecule has 3 unspecified atom stereocenters. The quantitative estimate of drug-likeness (QED) is 0.869. The Kier molecular flexibility index (Phi) is 6.55. The van der Waals surface area contributed by atoms with Crippen molar-refractivity contribution < 1.29 is 9.59 Å². The molecule has 0 spiro atoms. The molecule has 1 saturated heterocycles. The summed E-state index contributed by atoms with van der Waals surface area (Å²) in [4.78, 5) is 27.9. The number of nitrogens with one attached hydrogen (secondary N) is 1. The third kappa shape index (κ3) is 4.38. The van der Waals surface area contributed by atoms with Crippen molar-refractivity contribution in [2.75, 3.05) is 5.75 Å². The van der Waals surface area contributed by atoms with Crippen molar-refractivity contribution in [3.63, 3.8) is 0 Å². The number of carbonyl (C=O) groups is 2. The minimum absolute atomic E-state index is 0.0252. The number of nitrogens with zero attached hydrogens (tertiary/aromatic N) is 1. The van der Waals surface area contributed by atoms with Crippen molar-refractivity contribution in [1.82, 2.24) is 10.2 Å². The lowest BCUT2D eigenvalue weighted by atomic mass is 10.0. The number of carbonyl (C=O) groups excluding carboxylic acids is 2. The largest absolute Gasteiger partial charge is 0.352 e. The fourth-order valence-electron chi connectivity index (χ4n) is 2.94. The van der Waals surface area contributed by atoms with Gasteiger partial charge in [-0.2, -0.15) is 0 Å². The lowest BCUT2D eigenvalue weighted by molar-refractivity contribution is -0.125. The maximum atomic E-state index is 13.2. The Morgan fingerprint density at radius 2 is 1.80 bits per heavy atom. The molecule has 25 heavy (non-hydrogen) atoms. The van der Waals surface area contributed by atoms with Crippen molar-refractivity contribution in [1.29, 1.82) is 0 Å². The van der Waals surface area contributed by atoms with Crippen LogP contribution in [0.15, 0.2) is 24.3 Å². The molecule has 0 bridgehead atoms. The summed E-state index contributed by atoms with van der Waals surface area (Å²) in [6.07, 6.45) is 0. The maximum Gasteiger partial charge on any atom is 0.255 e. The Hall–Kier alpha value is -1.49. The van der Waals surface area contributed by atoms with E-state index >= 15 is 0 Å². The van der Waals surface area contributed by atoms with Crippen LogP contribution in [0.2, 0.25) is 0 Å². The van der Waals surface area contributed by atoms with Crippen LogP contribution in [0.4, 0.5) is 0 Å². The minimum atomic E-state index is -0.411. The van der Waals surface area contributed by atoms with E-state index in [1.165, 1.54) is 0 Å². The van der Waals surface area contributed by atoms with Gasteiger partial charge < -0.3 is 10.2 Å². The molecular formula is C20H30N2O2S. The van der Waals surface area contributed by atoms with Crippen LogP contribution in [-0.4, -0.2) is 39.9 Å². The fourth-order valence-corrected chi connectivity index (χ4v) is 4.42. The molecule has 0 radical (unpaired) electrons. The third-order valence-electron chi connectivity index (χ3n) is 4.89. The van der Waals surface area contributed by atoms with Crippen LogP contribution in [0.1, 0.15) is 50.5 Å². The molecule has 1 heterocycles. The molecule has 1 aliphatic heterocycles. The van der Waals surface area contributed by atoms with E-state index in [-0.39, 0.29) is 23.2 Å². The first-order valence-corrected chi connectivity index (χ1v) is 10.1. The van der Waals surface area contributed by atoms with Gasteiger partial charge in [-0.3, -0.25) is 9.59 Å². The van der Waals surface area contributed by atoms with Gasteiger partial charge in [0, 0.05) is 17.4 Å². The summed E-state index contributed by atoms with van der Waals surface area (Å²) < 4.78 is 0. The smallest absolute Gasteiger partial charge is 0.255 e. The monoisotopic (exact) mass is 362 g/mol. The van der Waals surface area contributed by atoms with Crippen LogP contribution < -0.4 is 5.32 Å². The Morgan fingerprint density at radius 1 is 1.16 bits per heavy atom. The summed E-state index contributed by atoms with van der Waals surface area (Å²) in [6.45, 7) is 12.3. The van der Waals surface area contributed by atoms with Gasteiger partial charge in [-0.1, -0.05) is 45.9 Å². The van der Waals surface area contributed by atoms with Crippen LogP contribution in [-0.2, 0) is 4.79 Å². The van der Waals surface area contributed by atoms with Gasteiger partial charge in [0.25, 0.3) is 5.91 Å². The molecule has 1 aliphatic rings. The van der Waals surface area contributed by atoms with Gasteiger partial charge in [-0.05, 0) is 37.3 Å². The second kappa shape index (κ2) is 8.26.